The molecular weight excluding hydrogens is 412 g/mol. The van der Waals surface area contributed by atoms with Crippen molar-refractivity contribution in [3.05, 3.63) is 63.2 Å². The molecule has 1 saturated heterocycles. The lowest BCUT2D eigenvalue weighted by molar-refractivity contribution is -0.124. The first-order chi connectivity index (χ1) is 13.6. The zero-order valence-electron chi connectivity index (χ0n) is 15.0. The van der Waals surface area contributed by atoms with Crippen LogP contribution >= 0.6 is 35.3 Å². The molecule has 1 atom stereocenters. The van der Waals surface area contributed by atoms with E-state index in [1.54, 1.807) is 11.3 Å². The third-order valence-corrected chi connectivity index (χ3v) is 6.36. The Hall–Kier alpha value is -2.00. The van der Waals surface area contributed by atoms with Crippen LogP contribution in [-0.2, 0) is 16.0 Å². The maximum atomic E-state index is 12.6. The monoisotopic (exact) mass is 432 g/mol. The van der Waals surface area contributed by atoms with Gasteiger partial charge in [-0.15, -0.1) is 11.3 Å². The SMILES string of the molecule is O=C(CCN1C(=O)/C(=C\c2cccs2)SC1=S)N[C@@H](CO)Cc1ccccc1. The normalized spacial score (nSPS) is 16.6. The third kappa shape index (κ3) is 5.51. The van der Waals surface area contributed by atoms with Gasteiger partial charge < -0.3 is 10.4 Å². The molecule has 0 spiro atoms. The number of aliphatic hydroxyl groups excluding tert-OH is 1. The fourth-order valence-corrected chi connectivity index (χ4v) is 4.80. The highest BCUT2D eigenvalue weighted by atomic mass is 32.2. The molecular formula is C20H20N2O3S3. The van der Waals surface area contributed by atoms with E-state index in [1.807, 2.05) is 53.9 Å². The van der Waals surface area contributed by atoms with Gasteiger partial charge in [-0.25, -0.2) is 0 Å². The fraction of sp³-hybridized carbons (Fsp3) is 0.250. The van der Waals surface area contributed by atoms with Crippen molar-refractivity contribution in [2.45, 2.75) is 18.9 Å². The van der Waals surface area contributed by atoms with E-state index in [0.29, 0.717) is 15.6 Å². The number of thiophene rings is 1. The summed E-state index contributed by atoms with van der Waals surface area (Å²) in [6, 6.07) is 13.2. The molecule has 2 heterocycles. The van der Waals surface area contributed by atoms with Crippen LogP contribution in [0.1, 0.15) is 16.9 Å². The molecule has 0 unspecified atom stereocenters. The van der Waals surface area contributed by atoms with Crippen LogP contribution in [0.4, 0.5) is 0 Å². The summed E-state index contributed by atoms with van der Waals surface area (Å²) < 4.78 is 0.462. The van der Waals surface area contributed by atoms with Crippen molar-refractivity contribution >= 4 is 57.5 Å². The van der Waals surface area contributed by atoms with Crippen LogP contribution in [0.2, 0.25) is 0 Å². The zero-order valence-corrected chi connectivity index (χ0v) is 17.5. The molecule has 146 valence electrons. The number of hydrogen-bond acceptors (Lipinski definition) is 6. The lowest BCUT2D eigenvalue weighted by atomic mass is 10.1. The Morgan fingerprint density at radius 1 is 1.25 bits per heavy atom. The molecule has 3 rings (SSSR count). The highest BCUT2D eigenvalue weighted by molar-refractivity contribution is 8.26. The fourth-order valence-electron chi connectivity index (χ4n) is 2.77. The molecule has 0 bridgehead atoms. The summed E-state index contributed by atoms with van der Waals surface area (Å²) in [4.78, 5) is 27.9. The van der Waals surface area contributed by atoms with Gasteiger partial charge in [-0.3, -0.25) is 14.5 Å². The molecule has 5 nitrogen and oxygen atoms in total. The molecule has 0 saturated carbocycles. The molecule has 2 aromatic rings. The van der Waals surface area contributed by atoms with Crippen LogP contribution in [0.3, 0.4) is 0 Å². The first kappa shape index (κ1) is 20.7. The summed E-state index contributed by atoms with van der Waals surface area (Å²) in [6.45, 7) is 0.0764. The second-order valence-corrected chi connectivity index (χ2v) is 8.89. The summed E-state index contributed by atoms with van der Waals surface area (Å²) >= 11 is 8.11. The number of benzene rings is 1. The molecule has 1 aromatic carbocycles. The molecule has 2 N–H and O–H groups in total. The van der Waals surface area contributed by atoms with Gasteiger partial charge in [0.15, 0.2) is 0 Å². The van der Waals surface area contributed by atoms with Gasteiger partial charge in [0.1, 0.15) is 4.32 Å². The number of rotatable bonds is 8. The lowest BCUT2D eigenvalue weighted by Gasteiger charge is -2.18. The summed E-state index contributed by atoms with van der Waals surface area (Å²) in [6.07, 6.45) is 2.50. The van der Waals surface area contributed by atoms with E-state index in [-0.39, 0.29) is 37.4 Å². The predicted molar refractivity (Wildman–Crippen MR) is 118 cm³/mol. The van der Waals surface area contributed by atoms with Crippen LogP contribution in [-0.4, -0.2) is 45.3 Å². The number of thiocarbonyl (C=S) groups is 1. The van der Waals surface area contributed by atoms with Crippen LogP contribution in [0.15, 0.2) is 52.7 Å². The van der Waals surface area contributed by atoms with Crippen molar-refractivity contribution in [1.29, 1.82) is 0 Å². The maximum absolute atomic E-state index is 12.6. The van der Waals surface area contributed by atoms with Gasteiger partial charge in [-0.1, -0.05) is 60.4 Å². The number of aliphatic hydroxyl groups is 1. The van der Waals surface area contributed by atoms with Crippen molar-refractivity contribution < 1.29 is 14.7 Å². The molecule has 2 amide bonds. The van der Waals surface area contributed by atoms with E-state index in [9.17, 15) is 14.7 Å². The van der Waals surface area contributed by atoms with Crippen molar-refractivity contribution in [2.75, 3.05) is 13.2 Å². The molecule has 0 aliphatic carbocycles. The number of amides is 2. The summed E-state index contributed by atoms with van der Waals surface area (Å²) in [5.74, 6) is -0.384. The molecule has 1 aliphatic rings. The maximum Gasteiger partial charge on any atom is 0.266 e. The Morgan fingerprint density at radius 3 is 2.71 bits per heavy atom. The van der Waals surface area contributed by atoms with Crippen molar-refractivity contribution in [1.82, 2.24) is 10.2 Å². The smallest absolute Gasteiger partial charge is 0.266 e. The van der Waals surface area contributed by atoms with Gasteiger partial charge in [0, 0.05) is 17.8 Å². The van der Waals surface area contributed by atoms with Crippen molar-refractivity contribution in [3.63, 3.8) is 0 Å². The van der Waals surface area contributed by atoms with Crippen LogP contribution in [0.5, 0.6) is 0 Å². The highest BCUT2D eigenvalue weighted by Gasteiger charge is 2.32. The zero-order chi connectivity index (χ0) is 19.9. The minimum Gasteiger partial charge on any atom is -0.394 e. The van der Waals surface area contributed by atoms with Crippen LogP contribution < -0.4 is 5.32 Å². The van der Waals surface area contributed by atoms with E-state index >= 15 is 0 Å². The molecule has 0 radical (unpaired) electrons. The molecule has 1 aliphatic heterocycles. The quantitative estimate of drug-likeness (QED) is 0.496. The van der Waals surface area contributed by atoms with Gasteiger partial charge in [0.2, 0.25) is 5.91 Å². The number of nitrogens with one attached hydrogen (secondary N) is 1. The van der Waals surface area contributed by atoms with E-state index in [0.717, 1.165) is 10.4 Å². The molecule has 1 fully saturated rings. The Bertz CT molecular complexity index is 866. The lowest BCUT2D eigenvalue weighted by Crippen LogP contribution is -2.41. The Labute approximate surface area is 177 Å². The van der Waals surface area contributed by atoms with Crippen molar-refractivity contribution in [3.8, 4) is 0 Å². The molecule has 8 heteroatoms. The van der Waals surface area contributed by atoms with E-state index in [2.05, 4.69) is 5.32 Å². The van der Waals surface area contributed by atoms with Crippen LogP contribution in [0.25, 0.3) is 6.08 Å². The topological polar surface area (TPSA) is 69.6 Å². The van der Waals surface area contributed by atoms with Gasteiger partial charge >= 0.3 is 0 Å². The van der Waals surface area contributed by atoms with Gasteiger partial charge in [-0.2, -0.15) is 0 Å². The first-order valence-corrected chi connectivity index (χ1v) is 10.9. The number of carbonyl (C=O) groups is 2. The van der Waals surface area contributed by atoms with E-state index in [1.165, 1.54) is 16.7 Å². The van der Waals surface area contributed by atoms with Gasteiger partial charge in [-0.05, 0) is 29.5 Å². The highest BCUT2D eigenvalue weighted by Crippen LogP contribution is 2.33. The summed E-state index contributed by atoms with van der Waals surface area (Å²) in [7, 11) is 0. The molecule has 28 heavy (non-hydrogen) atoms. The van der Waals surface area contributed by atoms with Gasteiger partial charge in [0.25, 0.3) is 5.91 Å². The number of hydrogen-bond donors (Lipinski definition) is 2. The third-order valence-electron chi connectivity index (χ3n) is 4.16. The Morgan fingerprint density at radius 2 is 2.04 bits per heavy atom. The second-order valence-electron chi connectivity index (χ2n) is 6.24. The average Bonchev–Trinajstić information content (AvgIpc) is 3.29. The van der Waals surface area contributed by atoms with E-state index < -0.39 is 0 Å². The minimum atomic E-state index is -0.361. The number of carbonyl (C=O) groups excluding carboxylic acids is 2. The Balaban J connectivity index is 1.52. The minimum absolute atomic E-state index is 0.129. The number of nitrogens with zero attached hydrogens (tertiary/aromatic N) is 1. The standard InChI is InChI=1S/C20H20N2O3S3/c23-13-15(11-14-5-2-1-3-6-14)21-18(24)8-9-22-19(25)17(28-20(22)26)12-16-7-4-10-27-16/h1-7,10,12,15,23H,8-9,11,13H2,(H,21,24)/b17-12+/t15-/m1/s1. The number of thioether (sulfide) groups is 1. The largest absolute Gasteiger partial charge is 0.394 e. The van der Waals surface area contributed by atoms with Crippen molar-refractivity contribution in [2.24, 2.45) is 0 Å². The Kier molecular flexibility index (Phi) is 7.38. The van der Waals surface area contributed by atoms with Gasteiger partial charge in [0.05, 0.1) is 17.6 Å². The van der Waals surface area contributed by atoms with E-state index in [4.69, 9.17) is 12.2 Å². The summed E-state index contributed by atoms with van der Waals surface area (Å²) in [5.41, 5.74) is 1.04. The van der Waals surface area contributed by atoms with Crippen LogP contribution in [0, 0.1) is 0 Å². The predicted octanol–water partition coefficient (Wildman–Crippen LogP) is 3.06. The first-order valence-electron chi connectivity index (χ1n) is 8.80. The molecule has 1 aromatic heterocycles. The summed E-state index contributed by atoms with van der Waals surface area (Å²) in [5, 5.41) is 14.3. The average molecular weight is 433 g/mol. The second kappa shape index (κ2) is 9.97.